The third-order valence-corrected chi connectivity index (χ3v) is 4.32. The highest BCUT2D eigenvalue weighted by molar-refractivity contribution is 5.77. The first-order valence-electron chi connectivity index (χ1n) is 8.63. The minimum Gasteiger partial charge on any atom is -0.356 e. The normalized spacial score (nSPS) is 18.8. The van der Waals surface area contributed by atoms with Crippen LogP contribution in [0.5, 0.6) is 0 Å². The molecule has 1 atom stereocenters. The van der Waals surface area contributed by atoms with E-state index in [1.165, 1.54) is 5.56 Å². The van der Waals surface area contributed by atoms with Gasteiger partial charge < -0.3 is 10.2 Å². The lowest BCUT2D eigenvalue weighted by atomic mass is 10.0. The van der Waals surface area contributed by atoms with E-state index < -0.39 is 0 Å². The first-order chi connectivity index (χ1) is 11.0. The summed E-state index contributed by atoms with van der Waals surface area (Å²) in [5.41, 5.74) is 1.17. The highest BCUT2D eigenvalue weighted by atomic mass is 16.2. The molecule has 4 nitrogen and oxygen atoms in total. The number of likely N-dealkylation sites (tertiary alicyclic amines) is 1. The maximum Gasteiger partial charge on any atom is 0.222 e. The van der Waals surface area contributed by atoms with Crippen LogP contribution in [-0.2, 0) is 16.1 Å². The van der Waals surface area contributed by atoms with Crippen molar-refractivity contribution in [3.8, 4) is 0 Å². The molecule has 0 saturated carbocycles. The van der Waals surface area contributed by atoms with Gasteiger partial charge in [0.25, 0.3) is 0 Å². The summed E-state index contributed by atoms with van der Waals surface area (Å²) in [6, 6.07) is 10.1. The van der Waals surface area contributed by atoms with E-state index in [2.05, 4.69) is 17.4 Å². The first-order valence-corrected chi connectivity index (χ1v) is 8.63. The number of carbonyl (C=O) groups excluding carboxylic acids is 2. The molecule has 1 aliphatic heterocycles. The van der Waals surface area contributed by atoms with E-state index in [9.17, 15) is 9.59 Å². The highest BCUT2D eigenvalue weighted by Gasteiger charge is 2.22. The van der Waals surface area contributed by atoms with Crippen molar-refractivity contribution < 1.29 is 9.59 Å². The van der Waals surface area contributed by atoms with Gasteiger partial charge in [-0.25, -0.2) is 0 Å². The lowest BCUT2D eigenvalue weighted by Crippen LogP contribution is -2.31. The lowest BCUT2D eigenvalue weighted by Gasteiger charge is -2.21. The number of hydrogen-bond donors (Lipinski definition) is 1. The largest absolute Gasteiger partial charge is 0.356 e. The second-order valence-corrected chi connectivity index (χ2v) is 6.90. The van der Waals surface area contributed by atoms with Crippen LogP contribution < -0.4 is 5.32 Å². The average Bonchev–Trinajstić information content (AvgIpc) is 2.69. The number of amides is 2. The fourth-order valence-electron chi connectivity index (χ4n) is 2.97. The maximum absolute atomic E-state index is 12.3. The molecule has 126 valence electrons. The zero-order valence-electron chi connectivity index (χ0n) is 14.3. The Morgan fingerprint density at radius 1 is 1.26 bits per heavy atom. The van der Waals surface area contributed by atoms with Crippen molar-refractivity contribution in [1.82, 2.24) is 10.2 Å². The predicted octanol–water partition coefficient (Wildman–Crippen LogP) is 2.98. The molecule has 2 rings (SSSR count). The summed E-state index contributed by atoms with van der Waals surface area (Å²) in [6.45, 7) is 6.25. The molecule has 1 aromatic carbocycles. The van der Waals surface area contributed by atoms with Gasteiger partial charge in [-0.05, 0) is 30.2 Å². The molecule has 2 amide bonds. The summed E-state index contributed by atoms with van der Waals surface area (Å²) < 4.78 is 0. The monoisotopic (exact) mass is 316 g/mol. The van der Waals surface area contributed by atoms with E-state index in [0.29, 0.717) is 37.8 Å². The van der Waals surface area contributed by atoms with Gasteiger partial charge in [0.2, 0.25) is 11.8 Å². The number of benzene rings is 1. The molecule has 1 N–H and O–H groups in total. The summed E-state index contributed by atoms with van der Waals surface area (Å²) in [7, 11) is 0. The molecule has 0 aromatic heterocycles. The smallest absolute Gasteiger partial charge is 0.222 e. The molecule has 1 unspecified atom stereocenters. The van der Waals surface area contributed by atoms with E-state index in [1.54, 1.807) is 0 Å². The van der Waals surface area contributed by atoms with E-state index in [1.807, 2.05) is 36.9 Å². The maximum atomic E-state index is 12.3. The number of carbonyl (C=O) groups is 2. The summed E-state index contributed by atoms with van der Waals surface area (Å²) in [4.78, 5) is 26.0. The van der Waals surface area contributed by atoms with Crippen molar-refractivity contribution in [3.63, 3.8) is 0 Å². The van der Waals surface area contributed by atoms with Crippen molar-refractivity contribution >= 4 is 11.8 Å². The third-order valence-electron chi connectivity index (χ3n) is 4.32. The van der Waals surface area contributed by atoms with Crippen LogP contribution in [0.1, 0.15) is 45.1 Å². The summed E-state index contributed by atoms with van der Waals surface area (Å²) in [5.74, 6) is 1.13. The van der Waals surface area contributed by atoms with Gasteiger partial charge >= 0.3 is 0 Å². The molecule has 1 aromatic rings. The van der Waals surface area contributed by atoms with Crippen LogP contribution in [0.15, 0.2) is 30.3 Å². The minimum atomic E-state index is 0.122. The van der Waals surface area contributed by atoms with Crippen molar-refractivity contribution in [1.29, 1.82) is 0 Å². The van der Waals surface area contributed by atoms with Gasteiger partial charge in [-0.15, -0.1) is 0 Å². The zero-order valence-corrected chi connectivity index (χ0v) is 14.3. The Balaban J connectivity index is 1.81. The minimum absolute atomic E-state index is 0.122. The Labute approximate surface area is 139 Å². The molecular weight excluding hydrogens is 288 g/mol. The third kappa shape index (κ3) is 6.05. The second-order valence-electron chi connectivity index (χ2n) is 6.90. The van der Waals surface area contributed by atoms with Gasteiger partial charge in [0.15, 0.2) is 0 Å². The van der Waals surface area contributed by atoms with Gasteiger partial charge in [-0.3, -0.25) is 9.59 Å². The fraction of sp³-hybridized carbons (Fsp3) is 0.579. The Morgan fingerprint density at radius 3 is 2.70 bits per heavy atom. The van der Waals surface area contributed by atoms with Crippen LogP contribution in [0.4, 0.5) is 0 Å². The van der Waals surface area contributed by atoms with E-state index >= 15 is 0 Å². The number of hydrogen-bond acceptors (Lipinski definition) is 2. The van der Waals surface area contributed by atoms with Crippen molar-refractivity contribution in [2.45, 2.75) is 46.1 Å². The van der Waals surface area contributed by atoms with Crippen LogP contribution in [0, 0.1) is 11.8 Å². The van der Waals surface area contributed by atoms with Crippen LogP contribution in [0.25, 0.3) is 0 Å². The van der Waals surface area contributed by atoms with Gasteiger partial charge in [0.1, 0.15) is 0 Å². The van der Waals surface area contributed by atoms with Gasteiger partial charge in [0, 0.05) is 32.5 Å². The quantitative estimate of drug-likeness (QED) is 0.877. The van der Waals surface area contributed by atoms with Crippen molar-refractivity contribution in [2.24, 2.45) is 11.8 Å². The number of nitrogens with one attached hydrogen (secondary N) is 1. The zero-order chi connectivity index (χ0) is 16.7. The van der Waals surface area contributed by atoms with Crippen LogP contribution >= 0.6 is 0 Å². The molecular formula is C19H28N2O2. The molecule has 1 fully saturated rings. The topological polar surface area (TPSA) is 49.4 Å². The Hall–Kier alpha value is -1.84. The standard InChI is InChI=1S/C19H28N2O2/c1-15(2)12-18(22)20-13-16-8-9-19(23)21(11-10-16)14-17-6-4-3-5-7-17/h3-7,15-16H,8-14H2,1-2H3,(H,20,22). The molecule has 1 saturated heterocycles. The highest BCUT2D eigenvalue weighted by Crippen LogP contribution is 2.19. The van der Waals surface area contributed by atoms with Gasteiger partial charge in [-0.2, -0.15) is 0 Å². The van der Waals surface area contributed by atoms with Crippen molar-refractivity contribution in [2.75, 3.05) is 13.1 Å². The second kappa shape index (κ2) is 8.70. The van der Waals surface area contributed by atoms with E-state index in [-0.39, 0.29) is 11.8 Å². The van der Waals surface area contributed by atoms with Gasteiger partial charge in [-0.1, -0.05) is 44.2 Å². The molecule has 1 aliphatic rings. The van der Waals surface area contributed by atoms with Crippen molar-refractivity contribution in [3.05, 3.63) is 35.9 Å². The predicted molar refractivity (Wildman–Crippen MR) is 91.7 cm³/mol. The van der Waals surface area contributed by atoms with Crippen LogP contribution in [0.3, 0.4) is 0 Å². The molecule has 1 heterocycles. The fourth-order valence-corrected chi connectivity index (χ4v) is 2.97. The molecule has 4 heteroatoms. The lowest BCUT2D eigenvalue weighted by molar-refractivity contribution is -0.131. The van der Waals surface area contributed by atoms with E-state index in [4.69, 9.17) is 0 Å². The molecule has 0 bridgehead atoms. The summed E-state index contributed by atoms with van der Waals surface area (Å²) in [5, 5.41) is 3.02. The van der Waals surface area contributed by atoms with E-state index in [0.717, 1.165) is 19.4 Å². The molecule has 0 spiro atoms. The van der Waals surface area contributed by atoms with Crippen LogP contribution in [-0.4, -0.2) is 29.8 Å². The molecule has 0 aliphatic carbocycles. The first kappa shape index (κ1) is 17.5. The molecule has 23 heavy (non-hydrogen) atoms. The Bertz CT molecular complexity index is 513. The number of nitrogens with zero attached hydrogens (tertiary/aromatic N) is 1. The molecule has 0 radical (unpaired) electrons. The summed E-state index contributed by atoms with van der Waals surface area (Å²) >= 11 is 0. The number of rotatable bonds is 6. The SMILES string of the molecule is CC(C)CC(=O)NCC1CCC(=O)N(Cc2ccccc2)CC1. The van der Waals surface area contributed by atoms with Crippen LogP contribution in [0.2, 0.25) is 0 Å². The Morgan fingerprint density at radius 2 is 2.00 bits per heavy atom. The summed E-state index contributed by atoms with van der Waals surface area (Å²) in [6.07, 6.45) is 2.98. The van der Waals surface area contributed by atoms with Gasteiger partial charge in [0.05, 0.1) is 0 Å². The Kier molecular flexibility index (Phi) is 6.63. The average molecular weight is 316 g/mol.